The lowest BCUT2D eigenvalue weighted by Gasteiger charge is -2.40. The maximum absolute atomic E-state index is 14.9. The van der Waals surface area contributed by atoms with Crippen LogP contribution in [-0.2, 0) is 0 Å². The Kier molecular flexibility index (Phi) is 4.37. The van der Waals surface area contributed by atoms with E-state index in [0.717, 1.165) is 27.6 Å². The van der Waals surface area contributed by atoms with Crippen LogP contribution in [0.4, 0.5) is 4.39 Å². The van der Waals surface area contributed by atoms with E-state index in [1.54, 1.807) is 0 Å². The monoisotopic (exact) mass is 378 g/mol. The van der Waals surface area contributed by atoms with Crippen LogP contribution in [-0.4, -0.2) is 16.0 Å². The predicted molar refractivity (Wildman–Crippen MR) is 85.2 cm³/mol. The van der Waals surface area contributed by atoms with Gasteiger partial charge >= 0.3 is 0 Å². The first-order chi connectivity index (χ1) is 8.48. The van der Waals surface area contributed by atoms with Crippen molar-refractivity contribution in [1.29, 1.82) is 0 Å². The fourth-order valence-corrected chi connectivity index (χ4v) is 3.41. The average molecular weight is 379 g/mol. The Bertz CT molecular complexity index is 453. The van der Waals surface area contributed by atoms with E-state index in [9.17, 15) is 4.39 Å². The summed E-state index contributed by atoms with van der Waals surface area (Å²) in [7, 11) is 0. The van der Waals surface area contributed by atoms with E-state index in [-0.39, 0.29) is 5.38 Å². The highest BCUT2D eigenvalue weighted by atomic mass is 127. The van der Waals surface area contributed by atoms with Gasteiger partial charge in [0.15, 0.2) is 0 Å². The Morgan fingerprint density at radius 3 is 2.50 bits per heavy atom. The van der Waals surface area contributed by atoms with Crippen LogP contribution in [0.15, 0.2) is 35.9 Å². The Morgan fingerprint density at radius 2 is 1.94 bits per heavy atom. The van der Waals surface area contributed by atoms with Crippen molar-refractivity contribution in [2.24, 2.45) is 5.41 Å². The molecule has 3 heteroatoms. The van der Waals surface area contributed by atoms with Gasteiger partial charge in [-0.1, -0.05) is 72.3 Å². The van der Waals surface area contributed by atoms with Gasteiger partial charge in [0.1, 0.15) is 6.17 Å². The van der Waals surface area contributed by atoms with Crippen molar-refractivity contribution < 1.29 is 4.39 Å². The lowest BCUT2D eigenvalue weighted by Crippen LogP contribution is -2.40. The lowest BCUT2D eigenvalue weighted by atomic mass is 9.71. The van der Waals surface area contributed by atoms with Gasteiger partial charge in [-0.2, -0.15) is 0 Å². The first-order valence-corrected chi connectivity index (χ1v) is 8.06. The maximum Gasteiger partial charge on any atom is 0.132 e. The third kappa shape index (κ3) is 2.46. The summed E-state index contributed by atoms with van der Waals surface area (Å²) in [4.78, 5) is 0. The highest BCUT2D eigenvalue weighted by Gasteiger charge is 2.44. The number of halogens is 3. The molecule has 2 unspecified atom stereocenters. The summed E-state index contributed by atoms with van der Waals surface area (Å²) in [6.07, 6.45) is -0.219. The molecule has 98 valence electrons. The molecule has 1 aliphatic rings. The van der Waals surface area contributed by atoms with Crippen molar-refractivity contribution in [3.8, 4) is 0 Å². The molecule has 0 nitrogen and oxygen atoms in total. The molecule has 0 fully saturated rings. The maximum atomic E-state index is 14.9. The van der Waals surface area contributed by atoms with Crippen LogP contribution in [0.25, 0.3) is 5.57 Å². The Balaban J connectivity index is 2.53. The van der Waals surface area contributed by atoms with E-state index in [1.807, 2.05) is 44.2 Å². The standard InChI is InChI=1S/C15H17ClFI/c1-15(2)12(16)8-11(9-18)13(14(15)17)10-6-4-3-5-7-10/h3-7,12,14H,8-9H2,1-2H3. The first kappa shape index (κ1) is 14.3. The number of hydrogen-bond donors (Lipinski definition) is 0. The van der Waals surface area contributed by atoms with Gasteiger partial charge < -0.3 is 0 Å². The van der Waals surface area contributed by atoms with Gasteiger partial charge in [-0.05, 0) is 17.6 Å². The van der Waals surface area contributed by atoms with E-state index in [2.05, 4.69) is 22.6 Å². The molecule has 0 heterocycles. The second-order valence-electron chi connectivity index (χ2n) is 5.37. The van der Waals surface area contributed by atoms with Crippen LogP contribution >= 0.6 is 34.2 Å². The van der Waals surface area contributed by atoms with Crippen molar-refractivity contribution in [1.82, 2.24) is 0 Å². The van der Waals surface area contributed by atoms with Crippen LogP contribution in [0, 0.1) is 5.41 Å². The Hall–Kier alpha value is -0.0900. The smallest absolute Gasteiger partial charge is 0.132 e. The van der Waals surface area contributed by atoms with Crippen LogP contribution in [0.3, 0.4) is 0 Å². The Morgan fingerprint density at radius 1 is 1.33 bits per heavy atom. The van der Waals surface area contributed by atoms with Gasteiger partial charge in [-0.3, -0.25) is 0 Å². The van der Waals surface area contributed by atoms with E-state index < -0.39 is 11.6 Å². The second-order valence-corrected chi connectivity index (χ2v) is 6.66. The van der Waals surface area contributed by atoms with Crippen LogP contribution in [0.1, 0.15) is 25.8 Å². The highest BCUT2D eigenvalue weighted by molar-refractivity contribution is 14.1. The van der Waals surface area contributed by atoms with Crippen LogP contribution < -0.4 is 0 Å². The molecule has 1 aromatic rings. The Labute approximate surface area is 127 Å². The van der Waals surface area contributed by atoms with Gasteiger partial charge in [-0.15, -0.1) is 11.6 Å². The summed E-state index contributed by atoms with van der Waals surface area (Å²) in [5.41, 5.74) is 2.48. The van der Waals surface area contributed by atoms with E-state index in [4.69, 9.17) is 11.6 Å². The van der Waals surface area contributed by atoms with E-state index >= 15 is 0 Å². The fourth-order valence-electron chi connectivity index (χ4n) is 2.39. The van der Waals surface area contributed by atoms with E-state index in [1.165, 1.54) is 0 Å². The van der Waals surface area contributed by atoms with Crippen LogP contribution in [0.5, 0.6) is 0 Å². The summed E-state index contributed by atoms with van der Waals surface area (Å²) >= 11 is 8.65. The van der Waals surface area contributed by atoms with Gasteiger partial charge in [0.05, 0.1) is 0 Å². The summed E-state index contributed by atoms with van der Waals surface area (Å²) in [6, 6.07) is 9.84. The zero-order valence-corrected chi connectivity index (χ0v) is 13.5. The molecular weight excluding hydrogens is 362 g/mol. The predicted octanol–water partition coefficient (Wildman–Crippen LogP) is 5.25. The molecule has 0 aromatic heterocycles. The number of alkyl halides is 3. The van der Waals surface area contributed by atoms with Crippen molar-refractivity contribution in [3.05, 3.63) is 41.5 Å². The molecule has 1 aromatic carbocycles. The van der Waals surface area contributed by atoms with Crippen molar-refractivity contribution in [2.45, 2.75) is 31.8 Å². The number of benzene rings is 1. The minimum atomic E-state index is -0.999. The molecule has 0 saturated carbocycles. The molecule has 2 atom stereocenters. The van der Waals surface area contributed by atoms with Gasteiger partial charge in [0, 0.05) is 15.2 Å². The fraction of sp³-hybridized carbons (Fsp3) is 0.467. The third-order valence-electron chi connectivity index (χ3n) is 3.77. The molecule has 0 N–H and O–H groups in total. The summed E-state index contributed by atoms with van der Waals surface area (Å²) in [6.45, 7) is 3.84. The quantitative estimate of drug-likeness (QED) is 0.487. The molecule has 18 heavy (non-hydrogen) atoms. The molecule has 1 aliphatic carbocycles. The van der Waals surface area contributed by atoms with Gasteiger partial charge in [0.2, 0.25) is 0 Å². The minimum Gasteiger partial charge on any atom is -0.242 e. The lowest BCUT2D eigenvalue weighted by molar-refractivity contribution is 0.177. The van der Waals surface area contributed by atoms with Crippen LogP contribution in [0.2, 0.25) is 0 Å². The van der Waals surface area contributed by atoms with Crippen molar-refractivity contribution in [3.63, 3.8) is 0 Å². The largest absolute Gasteiger partial charge is 0.242 e. The minimum absolute atomic E-state index is 0.135. The van der Waals surface area contributed by atoms with E-state index in [0.29, 0.717) is 0 Å². The molecule has 0 spiro atoms. The zero-order valence-electron chi connectivity index (χ0n) is 10.6. The summed E-state index contributed by atoms with van der Waals surface area (Å²) in [5, 5.41) is -0.135. The average Bonchev–Trinajstić information content (AvgIpc) is 2.37. The molecular formula is C15H17ClFI. The molecule has 0 amide bonds. The summed E-state index contributed by atoms with van der Waals surface area (Å²) in [5.74, 6) is 0. The number of rotatable bonds is 2. The summed E-state index contributed by atoms with van der Waals surface area (Å²) < 4.78 is 15.7. The third-order valence-corrected chi connectivity index (χ3v) is 5.40. The molecule has 0 aliphatic heterocycles. The van der Waals surface area contributed by atoms with Crippen molar-refractivity contribution in [2.75, 3.05) is 4.43 Å². The normalized spacial score (nSPS) is 27.4. The molecule has 0 bridgehead atoms. The number of allylic oxidation sites excluding steroid dienone is 2. The zero-order chi connectivity index (χ0) is 13.3. The molecule has 0 radical (unpaired) electrons. The first-order valence-electron chi connectivity index (χ1n) is 6.10. The highest BCUT2D eigenvalue weighted by Crippen LogP contribution is 2.47. The van der Waals surface area contributed by atoms with Crippen molar-refractivity contribution >= 4 is 39.8 Å². The second kappa shape index (κ2) is 5.49. The number of hydrogen-bond acceptors (Lipinski definition) is 0. The SMILES string of the molecule is CC1(C)C(Cl)CC(CI)=C(c2ccccc2)C1F. The molecule has 0 saturated heterocycles. The van der Waals surface area contributed by atoms with Gasteiger partial charge in [0.25, 0.3) is 0 Å². The topological polar surface area (TPSA) is 0 Å². The van der Waals surface area contributed by atoms with Gasteiger partial charge in [-0.25, -0.2) is 4.39 Å². The molecule has 2 rings (SSSR count).